The second-order valence-corrected chi connectivity index (χ2v) is 4.30. The summed E-state index contributed by atoms with van der Waals surface area (Å²) in [5.74, 6) is 0.701. The summed E-state index contributed by atoms with van der Waals surface area (Å²) >= 11 is 0. The molecular weight excluding hydrogens is 136 g/mol. The van der Waals surface area contributed by atoms with Crippen LogP contribution in [0, 0.1) is 10.8 Å². The molecule has 0 atom stereocenters. The summed E-state index contributed by atoms with van der Waals surface area (Å²) in [6.45, 7) is 10.4. The highest BCUT2D eigenvalue weighted by Crippen LogP contribution is 2.17. The van der Waals surface area contributed by atoms with Crippen LogP contribution in [0.15, 0.2) is 0 Å². The van der Waals surface area contributed by atoms with Gasteiger partial charge in [-0.3, -0.25) is 5.41 Å². The molecule has 0 spiro atoms. The summed E-state index contributed by atoms with van der Waals surface area (Å²) in [6, 6.07) is 0.418. The number of nitrogens with one attached hydrogen (secondary N) is 1. The van der Waals surface area contributed by atoms with Crippen LogP contribution in [0.1, 0.15) is 34.6 Å². The maximum absolute atomic E-state index is 7.80. The molecule has 0 aromatic carbocycles. The molecule has 2 nitrogen and oxygen atoms in total. The fourth-order valence-corrected chi connectivity index (χ4v) is 0.787. The van der Waals surface area contributed by atoms with Crippen LogP contribution >= 0.6 is 0 Å². The van der Waals surface area contributed by atoms with Gasteiger partial charge in [-0.2, -0.15) is 0 Å². The molecule has 0 aliphatic carbocycles. The Kier molecular flexibility index (Phi) is 3.09. The minimum absolute atomic E-state index is 0.0288. The Hall–Kier alpha value is -0.530. The fourth-order valence-electron chi connectivity index (χ4n) is 0.787. The number of nitrogens with zero attached hydrogens (tertiary/aromatic N) is 1. The lowest BCUT2D eigenvalue weighted by molar-refractivity contribution is 0.365. The molecule has 1 N–H and O–H groups in total. The topological polar surface area (TPSA) is 27.1 Å². The average Bonchev–Trinajstić information content (AvgIpc) is 1.82. The number of rotatable bonds is 1. The summed E-state index contributed by atoms with van der Waals surface area (Å²) in [7, 11) is 1.97. The third-order valence-electron chi connectivity index (χ3n) is 1.84. The van der Waals surface area contributed by atoms with Gasteiger partial charge in [-0.25, -0.2) is 0 Å². The van der Waals surface area contributed by atoms with Gasteiger partial charge in [0.05, 0.1) is 0 Å². The molecule has 66 valence electrons. The van der Waals surface area contributed by atoms with Crippen LogP contribution in [0.4, 0.5) is 0 Å². The first-order valence-electron chi connectivity index (χ1n) is 4.08. The molecule has 0 aliphatic rings. The van der Waals surface area contributed by atoms with Gasteiger partial charge in [-0.1, -0.05) is 20.8 Å². The van der Waals surface area contributed by atoms with Crippen LogP contribution in [-0.2, 0) is 0 Å². The third-order valence-corrected chi connectivity index (χ3v) is 1.84. The predicted octanol–water partition coefficient (Wildman–Crippen LogP) is 2.35. The van der Waals surface area contributed by atoms with E-state index in [4.69, 9.17) is 5.41 Å². The Bertz CT molecular complexity index is 142. The van der Waals surface area contributed by atoms with Crippen LogP contribution in [0.5, 0.6) is 0 Å². The highest BCUT2D eigenvalue weighted by Gasteiger charge is 2.21. The normalized spacial score (nSPS) is 11.9. The molecular formula is C9H20N2. The zero-order valence-electron chi connectivity index (χ0n) is 8.52. The van der Waals surface area contributed by atoms with Gasteiger partial charge in [0.1, 0.15) is 5.84 Å². The van der Waals surface area contributed by atoms with Crippen molar-refractivity contribution < 1.29 is 0 Å². The van der Waals surface area contributed by atoms with Gasteiger partial charge in [0.15, 0.2) is 0 Å². The molecule has 0 amide bonds. The van der Waals surface area contributed by atoms with Crippen LogP contribution in [0.25, 0.3) is 0 Å². The average molecular weight is 156 g/mol. The molecule has 0 heterocycles. The van der Waals surface area contributed by atoms with E-state index in [9.17, 15) is 0 Å². The second kappa shape index (κ2) is 3.24. The number of hydrogen-bond donors (Lipinski definition) is 1. The summed E-state index contributed by atoms with van der Waals surface area (Å²) in [5.41, 5.74) is -0.0288. The smallest absolute Gasteiger partial charge is 0.101 e. The van der Waals surface area contributed by atoms with E-state index in [1.807, 2.05) is 11.9 Å². The molecule has 11 heavy (non-hydrogen) atoms. The van der Waals surface area contributed by atoms with E-state index in [1.165, 1.54) is 0 Å². The fraction of sp³-hybridized carbons (Fsp3) is 0.889. The number of hydrogen-bond acceptors (Lipinski definition) is 1. The Morgan fingerprint density at radius 2 is 1.64 bits per heavy atom. The molecule has 0 fully saturated rings. The summed E-state index contributed by atoms with van der Waals surface area (Å²) in [4.78, 5) is 2.00. The van der Waals surface area contributed by atoms with E-state index in [-0.39, 0.29) is 5.41 Å². The van der Waals surface area contributed by atoms with Gasteiger partial charge >= 0.3 is 0 Å². The van der Waals surface area contributed by atoms with Gasteiger partial charge in [-0.05, 0) is 13.8 Å². The van der Waals surface area contributed by atoms with Crippen LogP contribution in [0.3, 0.4) is 0 Å². The SMILES string of the molecule is CC(C)N(C)C(=N)C(C)(C)C. The van der Waals surface area contributed by atoms with E-state index in [0.717, 1.165) is 0 Å². The van der Waals surface area contributed by atoms with Gasteiger partial charge < -0.3 is 4.90 Å². The van der Waals surface area contributed by atoms with Crippen molar-refractivity contribution >= 4 is 5.84 Å². The Morgan fingerprint density at radius 3 is 1.73 bits per heavy atom. The molecule has 0 aliphatic heterocycles. The van der Waals surface area contributed by atoms with Crippen molar-refractivity contribution in [3.05, 3.63) is 0 Å². The molecule has 0 aromatic heterocycles. The van der Waals surface area contributed by atoms with Gasteiger partial charge in [0.25, 0.3) is 0 Å². The zero-order chi connectivity index (χ0) is 9.23. The maximum Gasteiger partial charge on any atom is 0.101 e. The molecule has 0 aromatic rings. The van der Waals surface area contributed by atoms with Crippen molar-refractivity contribution in [2.45, 2.75) is 40.7 Å². The van der Waals surface area contributed by atoms with E-state index in [1.54, 1.807) is 0 Å². The molecule has 2 heteroatoms. The van der Waals surface area contributed by atoms with Crippen LogP contribution in [-0.4, -0.2) is 23.8 Å². The van der Waals surface area contributed by atoms with Crippen molar-refractivity contribution in [2.24, 2.45) is 5.41 Å². The highest BCUT2D eigenvalue weighted by atomic mass is 15.2. The molecule has 0 saturated heterocycles. The van der Waals surface area contributed by atoms with Crippen molar-refractivity contribution in [1.29, 1.82) is 5.41 Å². The van der Waals surface area contributed by atoms with Crippen LogP contribution in [0.2, 0.25) is 0 Å². The molecule has 0 saturated carbocycles. The van der Waals surface area contributed by atoms with Crippen molar-refractivity contribution in [3.63, 3.8) is 0 Å². The molecule has 0 radical (unpaired) electrons. The van der Waals surface area contributed by atoms with E-state index in [2.05, 4.69) is 34.6 Å². The van der Waals surface area contributed by atoms with Crippen molar-refractivity contribution in [3.8, 4) is 0 Å². The monoisotopic (exact) mass is 156 g/mol. The predicted molar refractivity (Wildman–Crippen MR) is 50.1 cm³/mol. The van der Waals surface area contributed by atoms with Crippen molar-refractivity contribution in [2.75, 3.05) is 7.05 Å². The first-order valence-corrected chi connectivity index (χ1v) is 4.08. The largest absolute Gasteiger partial charge is 0.361 e. The van der Waals surface area contributed by atoms with E-state index < -0.39 is 0 Å². The van der Waals surface area contributed by atoms with E-state index in [0.29, 0.717) is 11.9 Å². The Labute approximate surface area is 70.1 Å². The van der Waals surface area contributed by atoms with E-state index >= 15 is 0 Å². The first-order chi connectivity index (χ1) is 4.76. The second-order valence-electron chi connectivity index (χ2n) is 4.30. The highest BCUT2D eigenvalue weighted by molar-refractivity contribution is 5.84. The minimum Gasteiger partial charge on any atom is -0.361 e. The molecule has 0 bridgehead atoms. The summed E-state index contributed by atoms with van der Waals surface area (Å²) in [6.07, 6.45) is 0. The lowest BCUT2D eigenvalue weighted by Crippen LogP contribution is -2.40. The lowest BCUT2D eigenvalue weighted by atomic mass is 9.94. The Balaban J connectivity index is 4.26. The minimum atomic E-state index is -0.0288. The van der Waals surface area contributed by atoms with Gasteiger partial charge in [0, 0.05) is 18.5 Å². The zero-order valence-corrected chi connectivity index (χ0v) is 8.52. The Morgan fingerprint density at radius 1 is 1.27 bits per heavy atom. The summed E-state index contributed by atoms with van der Waals surface area (Å²) in [5, 5.41) is 7.80. The molecule has 0 unspecified atom stereocenters. The first kappa shape index (κ1) is 10.5. The van der Waals surface area contributed by atoms with Gasteiger partial charge in [0.2, 0.25) is 0 Å². The third kappa shape index (κ3) is 2.91. The quantitative estimate of drug-likeness (QED) is 0.458. The lowest BCUT2D eigenvalue weighted by Gasteiger charge is -2.32. The standard InChI is InChI=1S/C9H20N2/c1-7(2)11(6)8(10)9(3,4)5/h7,10H,1-6H3. The summed E-state index contributed by atoms with van der Waals surface area (Å²) < 4.78 is 0. The maximum atomic E-state index is 7.80. The molecule has 0 rings (SSSR count). The van der Waals surface area contributed by atoms with Gasteiger partial charge in [-0.15, -0.1) is 0 Å². The van der Waals surface area contributed by atoms with Crippen LogP contribution < -0.4 is 0 Å². The van der Waals surface area contributed by atoms with Crippen molar-refractivity contribution in [1.82, 2.24) is 4.90 Å². The number of amidine groups is 1.